The minimum atomic E-state index is -0.833. The van der Waals surface area contributed by atoms with E-state index >= 15 is 0 Å². The van der Waals surface area contributed by atoms with Gasteiger partial charge in [-0.1, -0.05) is 12.1 Å². The second kappa shape index (κ2) is 12.5. The molecule has 1 saturated heterocycles. The van der Waals surface area contributed by atoms with E-state index in [1.165, 1.54) is 11.8 Å². The number of benzene rings is 3. The zero-order valence-electron chi connectivity index (χ0n) is 18.7. The number of rotatable bonds is 4. The Labute approximate surface area is 218 Å². The van der Waals surface area contributed by atoms with Gasteiger partial charge in [-0.25, -0.2) is 0 Å². The van der Waals surface area contributed by atoms with E-state index in [0.29, 0.717) is 15.8 Å². The summed E-state index contributed by atoms with van der Waals surface area (Å²) in [6.07, 6.45) is 1.82. The van der Waals surface area contributed by atoms with Gasteiger partial charge in [-0.2, -0.15) is 18.2 Å². The van der Waals surface area contributed by atoms with Crippen LogP contribution in [0.25, 0.3) is 16.8 Å². The number of aliphatic carboxylic acids is 1. The first-order chi connectivity index (χ1) is 15.4. The van der Waals surface area contributed by atoms with E-state index in [1.807, 2.05) is 48.5 Å². The van der Waals surface area contributed by atoms with Crippen molar-refractivity contribution in [3.05, 3.63) is 71.1 Å². The number of aliphatic imine (C=N–C) groups is 1. The number of amidine groups is 1. The molecule has 0 aliphatic carbocycles. The Morgan fingerprint density at radius 3 is 2.42 bits per heavy atom. The number of carboxylic acid groups (broad SMARTS) is 1. The number of carbonyl (C=O) groups is 2. The number of nitrogens with one attached hydrogen (secondary N) is 1. The maximum absolute atomic E-state index is 12.4. The van der Waals surface area contributed by atoms with Crippen LogP contribution in [0.3, 0.4) is 0 Å². The average Bonchev–Trinajstić information content (AvgIpc) is 3.11. The normalized spacial score (nSPS) is 14.8. The van der Waals surface area contributed by atoms with Crippen molar-refractivity contribution in [3.63, 3.8) is 0 Å². The molecule has 0 saturated carbocycles. The molecule has 1 aliphatic heterocycles. The molecule has 3 aromatic rings. The minimum absolute atomic E-state index is 0. The molecule has 0 bridgehead atoms. The summed E-state index contributed by atoms with van der Waals surface area (Å²) in [5, 5.41) is 12.7. The fourth-order valence-corrected chi connectivity index (χ4v) is 3.79. The van der Waals surface area contributed by atoms with E-state index in [-0.39, 0.29) is 35.5 Å². The molecule has 164 valence electrons. The molecule has 1 heterocycles. The molecule has 1 aliphatic rings. The van der Waals surface area contributed by atoms with Crippen molar-refractivity contribution in [3.8, 4) is 11.5 Å². The molecule has 0 spiro atoms. The van der Waals surface area contributed by atoms with Crippen LogP contribution in [0.2, 0.25) is 0 Å². The molecule has 7 nitrogen and oxygen atoms in total. The Bertz CT molecular complexity index is 1210. The van der Waals surface area contributed by atoms with Gasteiger partial charge in [0.25, 0.3) is 11.9 Å². The van der Waals surface area contributed by atoms with Crippen LogP contribution >= 0.6 is 11.8 Å². The van der Waals surface area contributed by atoms with Crippen molar-refractivity contribution in [2.24, 2.45) is 4.99 Å². The number of fused-ring (bicyclic) bond motifs is 1. The number of methoxy groups -OCH3 is 2. The number of ether oxygens (including phenoxy) is 2. The fourth-order valence-electron chi connectivity index (χ4n) is 2.95. The van der Waals surface area contributed by atoms with Gasteiger partial charge >= 0.3 is 29.6 Å². The van der Waals surface area contributed by atoms with Crippen LogP contribution in [0.15, 0.2) is 64.5 Å². The van der Waals surface area contributed by atoms with Crippen molar-refractivity contribution in [2.75, 3.05) is 14.2 Å². The molecular formula is C24H21N2NaO5S. The summed E-state index contributed by atoms with van der Waals surface area (Å²) in [7, 11) is 3.25. The van der Waals surface area contributed by atoms with Gasteiger partial charge in [0, 0.05) is 17.9 Å². The fraction of sp³-hybridized carbons (Fsp3) is 0.125. The quantitative estimate of drug-likeness (QED) is 0.341. The Morgan fingerprint density at radius 2 is 1.79 bits per heavy atom. The molecule has 2 N–H and O–H groups in total. The first kappa shape index (κ1) is 26.5. The van der Waals surface area contributed by atoms with Crippen molar-refractivity contribution < 1.29 is 53.7 Å². The molecule has 0 aromatic heterocycles. The maximum Gasteiger partial charge on any atom is 1.00 e. The van der Waals surface area contributed by atoms with E-state index in [0.717, 1.165) is 34.7 Å². The van der Waals surface area contributed by atoms with Crippen molar-refractivity contribution in [1.29, 1.82) is 0 Å². The van der Waals surface area contributed by atoms with Crippen LogP contribution in [0.4, 0.5) is 5.69 Å². The molecule has 0 radical (unpaired) electrons. The molecule has 33 heavy (non-hydrogen) atoms. The summed E-state index contributed by atoms with van der Waals surface area (Å²) < 4.78 is 11.0. The van der Waals surface area contributed by atoms with Crippen LogP contribution in [0, 0.1) is 6.07 Å². The number of hydrogen-bond acceptors (Lipinski definition) is 6. The third-order valence-corrected chi connectivity index (χ3v) is 5.19. The van der Waals surface area contributed by atoms with Gasteiger partial charge < -0.3 is 19.9 Å². The van der Waals surface area contributed by atoms with Gasteiger partial charge in [0.05, 0.1) is 19.1 Å². The molecular weight excluding hydrogens is 451 g/mol. The molecule has 0 atom stereocenters. The Hall–Kier alpha value is -2.78. The summed E-state index contributed by atoms with van der Waals surface area (Å²) in [4.78, 5) is 26.4. The van der Waals surface area contributed by atoms with Gasteiger partial charge in [-0.15, -0.1) is 12.1 Å². The number of hydrogen-bond donors (Lipinski definition) is 2. The number of thioether (sulfide) groups is 1. The standard InChI is InChI=1S/C22H17N2O3S.C2H4O2.Na/c1-26-18-10-6-7-14-11-15(19(27-2)13-17(14)18)12-20-21(25)24-22(28-20)23-16-8-4-3-5-9-16;1-2(3)4;/h4-13H,1-2H3,(H,23,24,25);1H3,(H,3,4);/q-1;;+1. The van der Waals surface area contributed by atoms with Crippen LogP contribution in [0.1, 0.15) is 12.5 Å². The molecule has 3 aromatic carbocycles. The molecule has 0 unspecified atom stereocenters. The summed E-state index contributed by atoms with van der Waals surface area (Å²) in [5.74, 6) is 0.429. The minimum Gasteiger partial charge on any atom is -0.496 e. The number of carboxylic acids is 1. The number of carbonyl (C=O) groups excluding carboxylic acids is 1. The third-order valence-electron chi connectivity index (χ3n) is 4.28. The third kappa shape index (κ3) is 7.10. The van der Waals surface area contributed by atoms with Crippen LogP contribution in [0.5, 0.6) is 11.5 Å². The monoisotopic (exact) mass is 472 g/mol. The summed E-state index contributed by atoms with van der Waals surface area (Å²) in [5.41, 5.74) is 1.58. The smallest absolute Gasteiger partial charge is 0.496 e. The largest absolute Gasteiger partial charge is 1.00 e. The predicted octanol–water partition coefficient (Wildman–Crippen LogP) is 1.64. The maximum atomic E-state index is 12.4. The van der Waals surface area contributed by atoms with E-state index < -0.39 is 5.97 Å². The molecule has 1 amide bonds. The zero-order valence-corrected chi connectivity index (χ0v) is 21.5. The van der Waals surface area contributed by atoms with Crippen molar-refractivity contribution in [2.45, 2.75) is 6.92 Å². The van der Waals surface area contributed by atoms with E-state index in [2.05, 4.69) is 16.4 Å². The summed E-state index contributed by atoms with van der Waals surface area (Å²) in [6, 6.07) is 19.9. The van der Waals surface area contributed by atoms with E-state index in [4.69, 9.17) is 19.4 Å². The first-order valence-electron chi connectivity index (χ1n) is 9.51. The summed E-state index contributed by atoms with van der Waals surface area (Å²) >= 11 is 1.30. The first-order valence-corrected chi connectivity index (χ1v) is 10.3. The van der Waals surface area contributed by atoms with E-state index in [9.17, 15) is 4.79 Å². The molecule has 9 heteroatoms. The Balaban J connectivity index is 0.000000714. The van der Waals surface area contributed by atoms with Gasteiger partial charge in [0.1, 0.15) is 11.5 Å². The van der Waals surface area contributed by atoms with Gasteiger partial charge in [0.15, 0.2) is 5.17 Å². The molecule has 4 rings (SSSR count). The van der Waals surface area contributed by atoms with Crippen molar-refractivity contribution >= 4 is 51.3 Å². The zero-order chi connectivity index (χ0) is 23.1. The number of amides is 1. The number of nitrogens with zero attached hydrogens (tertiary/aromatic N) is 1. The van der Waals surface area contributed by atoms with Crippen molar-refractivity contribution in [1.82, 2.24) is 5.32 Å². The Kier molecular flexibility index (Phi) is 9.99. The van der Waals surface area contributed by atoms with Crippen LogP contribution in [-0.4, -0.2) is 36.4 Å². The van der Waals surface area contributed by atoms with Gasteiger partial charge in [-0.05, 0) is 47.1 Å². The van der Waals surface area contributed by atoms with Crippen LogP contribution in [-0.2, 0) is 9.59 Å². The van der Waals surface area contributed by atoms with E-state index in [1.54, 1.807) is 26.4 Å². The topological polar surface area (TPSA) is 97.2 Å². The van der Waals surface area contributed by atoms with Crippen LogP contribution < -0.4 is 44.3 Å². The average molecular weight is 472 g/mol. The Morgan fingerprint density at radius 1 is 1.12 bits per heavy atom. The van der Waals surface area contributed by atoms with Gasteiger partial charge in [-0.3, -0.25) is 14.6 Å². The second-order valence-corrected chi connectivity index (χ2v) is 7.57. The SMILES string of the molecule is CC(=O)O.COc1cc2c(OC)cccc2cc1C=C1SC(=Nc2cc[c-]cc2)NC1=O.[Na+]. The molecule has 1 fully saturated rings. The van der Waals surface area contributed by atoms with Gasteiger partial charge in [0.2, 0.25) is 0 Å². The predicted molar refractivity (Wildman–Crippen MR) is 126 cm³/mol. The second-order valence-electron chi connectivity index (χ2n) is 6.53. The summed E-state index contributed by atoms with van der Waals surface area (Å²) in [6.45, 7) is 1.08.